The highest BCUT2D eigenvalue weighted by atomic mass is 16.7. The van der Waals surface area contributed by atoms with Crippen molar-refractivity contribution in [1.82, 2.24) is 4.90 Å². The van der Waals surface area contributed by atoms with Crippen molar-refractivity contribution >= 4 is 0 Å². The lowest BCUT2D eigenvalue weighted by Crippen LogP contribution is -2.42. The van der Waals surface area contributed by atoms with Crippen LogP contribution >= 0.6 is 0 Å². The second-order valence-electron chi connectivity index (χ2n) is 8.59. The van der Waals surface area contributed by atoms with Crippen molar-refractivity contribution in [3.63, 3.8) is 0 Å². The van der Waals surface area contributed by atoms with Crippen LogP contribution in [0, 0.1) is 11.8 Å². The molecule has 6 nitrogen and oxygen atoms in total. The Kier molecular flexibility index (Phi) is 5.44. The molecule has 4 atom stereocenters. The van der Waals surface area contributed by atoms with Gasteiger partial charge in [-0.1, -0.05) is 12.1 Å². The lowest BCUT2D eigenvalue weighted by Gasteiger charge is -2.35. The van der Waals surface area contributed by atoms with Crippen molar-refractivity contribution in [2.45, 2.75) is 31.5 Å². The minimum absolute atomic E-state index is 0.173. The van der Waals surface area contributed by atoms with E-state index in [0.717, 1.165) is 56.1 Å². The molecule has 2 aliphatic heterocycles. The molecule has 2 aromatic rings. The third kappa shape index (κ3) is 4.07. The predicted molar refractivity (Wildman–Crippen MR) is 112 cm³/mol. The Morgan fingerprint density at radius 3 is 2.50 bits per heavy atom. The molecule has 1 saturated heterocycles. The molecule has 0 spiro atoms. The van der Waals surface area contributed by atoms with Crippen LogP contribution in [0.1, 0.15) is 18.4 Å². The standard InChI is InChI=1S/C24H29NO5/c1-27-19-4-2-16(3-5-19)8-9-25-13-17-10-21(26)23(11-18(17)14-25)30-20-6-7-22-24(12-20)29-15-28-22/h2-7,12,17-18,21,23,26H,8-11,13-15H2,1H3/t17-,18+,21+,23+/m0/s1. The summed E-state index contributed by atoms with van der Waals surface area (Å²) in [7, 11) is 1.69. The summed E-state index contributed by atoms with van der Waals surface area (Å²) >= 11 is 0. The molecule has 5 rings (SSSR count). The summed E-state index contributed by atoms with van der Waals surface area (Å²) in [6, 6.07) is 13.9. The van der Waals surface area contributed by atoms with Crippen LogP contribution in [-0.2, 0) is 6.42 Å². The summed E-state index contributed by atoms with van der Waals surface area (Å²) in [5.41, 5.74) is 1.33. The van der Waals surface area contributed by atoms with E-state index in [2.05, 4.69) is 17.0 Å². The maximum absolute atomic E-state index is 10.7. The van der Waals surface area contributed by atoms with Gasteiger partial charge in [0, 0.05) is 25.7 Å². The Hall–Kier alpha value is -2.44. The van der Waals surface area contributed by atoms with E-state index in [1.165, 1.54) is 5.56 Å². The molecule has 2 fully saturated rings. The van der Waals surface area contributed by atoms with Crippen molar-refractivity contribution in [3.8, 4) is 23.0 Å². The number of aliphatic hydroxyl groups is 1. The van der Waals surface area contributed by atoms with E-state index in [9.17, 15) is 5.11 Å². The maximum Gasteiger partial charge on any atom is 0.231 e. The number of ether oxygens (including phenoxy) is 4. The number of likely N-dealkylation sites (tertiary alicyclic amines) is 1. The molecular formula is C24H29NO5. The Bertz CT molecular complexity index is 870. The molecule has 30 heavy (non-hydrogen) atoms. The van der Waals surface area contributed by atoms with Crippen LogP contribution in [0.2, 0.25) is 0 Å². The van der Waals surface area contributed by atoms with Crippen LogP contribution in [-0.4, -0.2) is 55.8 Å². The van der Waals surface area contributed by atoms with Gasteiger partial charge in [0.1, 0.15) is 17.6 Å². The highest BCUT2D eigenvalue weighted by Crippen LogP contribution is 2.40. The molecule has 2 heterocycles. The average Bonchev–Trinajstić information content (AvgIpc) is 3.38. The summed E-state index contributed by atoms with van der Waals surface area (Å²) in [6.07, 6.45) is 2.12. The van der Waals surface area contributed by atoms with Gasteiger partial charge >= 0.3 is 0 Å². The molecule has 0 aromatic heterocycles. The number of hydrogen-bond donors (Lipinski definition) is 1. The van der Waals surface area contributed by atoms with Crippen molar-refractivity contribution < 1.29 is 24.1 Å². The van der Waals surface area contributed by atoms with Gasteiger partial charge in [-0.25, -0.2) is 0 Å². The fourth-order valence-corrected chi connectivity index (χ4v) is 5.00. The summed E-state index contributed by atoms with van der Waals surface area (Å²) < 4.78 is 22.2. The number of aliphatic hydroxyl groups excluding tert-OH is 1. The average molecular weight is 411 g/mol. The smallest absolute Gasteiger partial charge is 0.231 e. The molecule has 0 bridgehead atoms. The van der Waals surface area contributed by atoms with Gasteiger partial charge in [-0.3, -0.25) is 0 Å². The van der Waals surface area contributed by atoms with Gasteiger partial charge in [-0.2, -0.15) is 0 Å². The van der Waals surface area contributed by atoms with E-state index in [-0.39, 0.29) is 12.9 Å². The molecule has 2 aromatic carbocycles. The Balaban J connectivity index is 1.16. The van der Waals surface area contributed by atoms with E-state index in [1.807, 2.05) is 30.3 Å². The molecule has 0 unspecified atom stereocenters. The number of methoxy groups -OCH3 is 1. The third-order valence-corrected chi connectivity index (χ3v) is 6.67. The van der Waals surface area contributed by atoms with Crippen molar-refractivity contribution in [2.75, 3.05) is 33.5 Å². The second kappa shape index (κ2) is 8.36. The first-order chi connectivity index (χ1) is 14.7. The molecule has 1 N–H and O–H groups in total. The summed E-state index contributed by atoms with van der Waals surface area (Å²) in [6.45, 7) is 3.44. The van der Waals surface area contributed by atoms with Crippen LogP contribution in [0.3, 0.4) is 0 Å². The molecule has 1 aliphatic carbocycles. The quantitative estimate of drug-likeness (QED) is 0.788. The topological polar surface area (TPSA) is 60.4 Å². The molecule has 0 radical (unpaired) electrons. The predicted octanol–water partition coefficient (Wildman–Crippen LogP) is 3.12. The van der Waals surface area contributed by atoms with Crippen LogP contribution in [0.4, 0.5) is 0 Å². The Morgan fingerprint density at radius 2 is 1.70 bits per heavy atom. The summed E-state index contributed by atoms with van der Waals surface area (Å²) in [5.74, 6) is 4.21. The number of fused-ring (bicyclic) bond motifs is 2. The number of nitrogens with zero attached hydrogens (tertiary/aromatic N) is 1. The Morgan fingerprint density at radius 1 is 0.967 bits per heavy atom. The molecule has 1 saturated carbocycles. The van der Waals surface area contributed by atoms with E-state index in [0.29, 0.717) is 17.6 Å². The summed E-state index contributed by atoms with van der Waals surface area (Å²) in [5, 5.41) is 10.7. The number of rotatable bonds is 6. The highest BCUT2D eigenvalue weighted by molar-refractivity contribution is 5.47. The minimum atomic E-state index is -0.432. The number of hydrogen-bond acceptors (Lipinski definition) is 6. The van der Waals surface area contributed by atoms with Crippen molar-refractivity contribution in [2.24, 2.45) is 11.8 Å². The van der Waals surface area contributed by atoms with Gasteiger partial charge in [0.05, 0.1) is 13.2 Å². The van der Waals surface area contributed by atoms with Crippen molar-refractivity contribution in [3.05, 3.63) is 48.0 Å². The largest absolute Gasteiger partial charge is 0.497 e. The van der Waals surface area contributed by atoms with Gasteiger partial charge in [0.15, 0.2) is 11.5 Å². The fourth-order valence-electron chi connectivity index (χ4n) is 5.00. The van der Waals surface area contributed by atoms with E-state index >= 15 is 0 Å². The monoisotopic (exact) mass is 411 g/mol. The highest BCUT2D eigenvalue weighted by Gasteiger charge is 2.42. The van der Waals surface area contributed by atoms with Crippen LogP contribution in [0.25, 0.3) is 0 Å². The van der Waals surface area contributed by atoms with Crippen LogP contribution in [0.15, 0.2) is 42.5 Å². The zero-order valence-electron chi connectivity index (χ0n) is 17.3. The first kappa shape index (κ1) is 19.5. The fraction of sp³-hybridized carbons (Fsp3) is 0.500. The second-order valence-corrected chi connectivity index (χ2v) is 8.59. The molecular weight excluding hydrogens is 382 g/mol. The van der Waals surface area contributed by atoms with Gasteiger partial charge in [-0.05, 0) is 60.9 Å². The van der Waals surface area contributed by atoms with E-state index in [4.69, 9.17) is 18.9 Å². The van der Waals surface area contributed by atoms with Gasteiger partial charge in [0.2, 0.25) is 6.79 Å². The molecule has 6 heteroatoms. The van der Waals surface area contributed by atoms with E-state index in [1.54, 1.807) is 7.11 Å². The first-order valence-electron chi connectivity index (χ1n) is 10.8. The lowest BCUT2D eigenvalue weighted by atomic mass is 9.78. The molecule has 160 valence electrons. The minimum Gasteiger partial charge on any atom is -0.497 e. The third-order valence-electron chi connectivity index (χ3n) is 6.67. The van der Waals surface area contributed by atoms with Crippen LogP contribution < -0.4 is 18.9 Å². The first-order valence-corrected chi connectivity index (χ1v) is 10.8. The van der Waals surface area contributed by atoms with E-state index < -0.39 is 6.10 Å². The van der Waals surface area contributed by atoms with Crippen molar-refractivity contribution in [1.29, 1.82) is 0 Å². The molecule has 0 amide bonds. The Labute approximate surface area is 177 Å². The zero-order chi connectivity index (χ0) is 20.5. The van der Waals surface area contributed by atoms with Gasteiger partial charge < -0.3 is 29.0 Å². The van der Waals surface area contributed by atoms with Crippen LogP contribution in [0.5, 0.6) is 23.0 Å². The maximum atomic E-state index is 10.7. The summed E-state index contributed by atoms with van der Waals surface area (Å²) in [4.78, 5) is 2.54. The number of benzene rings is 2. The lowest BCUT2D eigenvalue weighted by molar-refractivity contribution is -0.0232. The normalized spacial score (nSPS) is 27.7. The molecule has 3 aliphatic rings. The van der Waals surface area contributed by atoms with Gasteiger partial charge in [-0.15, -0.1) is 0 Å². The van der Waals surface area contributed by atoms with Gasteiger partial charge in [0.25, 0.3) is 0 Å². The zero-order valence-corrected chi connectivity index (χ0v) is 17.3. The SMILES string of the molecule is COc1ccc(CCN2C[C@H]3C[C@@H](Oc4ccc5c(c4)OCO5)[C@H](O)C[C@H]3C2)cc1.